The van der Waals surface area contributed by atoms with Crippen molar-refractivity contribution in [3.63, 3.8) is 0 Å². The molecule has 4 rings (SSSR count). The first-order valence-electron chi connectivity index (χ1n) is 7.32. The highest BCUT2D eigenvalue weighted by Gasteiger charge is 2.22. The van der Waals surface area contributed by atoms with Crippen LogP contribution in [0, 0.1) is 0 Å². The van der Waals surface area contributed by atoms with Gasteiger partial charge in [-0.2, -0.15) is 0 Å². The van der Waals surface area contributed by atoms with Crippen LogP contribution >= 0.6 is 0 Å². The standard InChI is InChI=1S/C17H13N3O3S/c21-17-9-12-8-14(5-6-16(12)19-17)24(22,23)20-13-7-11-3-1-2-4-15(11)18-10-13/h1-8,10,20H,9H2,(H,19,21). The lowest BCUT2D eigenvalue weighted by Crippen LogP contribution is -2.13. The molecule has 7 heteroatoms. The Labute approximate surface area is 138 Å². The van der Waals surface area contributed by atoms with Gasteiger partial charge in [-0.1, -0.05) is 18.2 Å². The number of pyridine rings is 1. The van der Waals surface area contributed by atoms with E-state index in [2.05, 4.69) is 15.0 Å². The summed E-state index contributed by atoms with van der Waals surface area (Å²) in [4.78, 5) is 15.8. The molecule has 0 radical (unpaired) electrons. The van der Waals surface area contributed by atoms with E-state index in [9.17, 15) is 13.2 Å². The summed E-state index contributed by atoms with van der Waals surface area (Å²) >= 11 is 0. The highest BCUT2D eigenvalue weighted by atomic mass is 32.2. The van der Waals surface area contributed by atoms with E-state index in [4.69, 9.17) is 0 Å². The zero-order valence-electron chi connectivity index (χ0n) is 12.5. The van der Waals surface area contributed by atoms with E-state index >= 15 is 0 Å². The van der Waals surface area contributed by atoms with Crippen LogP contribution in [0.25, 0.3) is 10.9 Å². The number of fused-ring (bicyclic) bond motifs is 2. The van der Waals surface area contributed by atoms with E-state index in [0.29, 0.717) is 16.9 Å². The van der Waals surface area contributed by atoms with Gasteiger partial charge in [-0.25, -0.2) is 8.42 Å². The molecule has 1 amide bonds. The summed E-state index contributed by atoms with van der Waals surface area (Å²) in [6.07, 6.45) is 1.68. The largest absolute Gasteiger partial charge is 0.326 e. The van der Waals surface area contributed by atoms with Crippen molar-refractivity contribution < 1.29 is 13.2 Å². The van der Waals surface area contributed by atoms with Gasteiger partial charge in [0.2, 0.25) is 5.91 Å². The van der Waals surface area contributed by atoms with Crippen LogP contribution < -0.4 is 10.0 Å². The maximum atomic E-state index is 12.6. The molecule has 2 N–H and O–H groups in total. The molecule has 2 aromatic carbocycles. The van der Waals surface area contributed by atoms with Crippen molar-refractivity contribution in [3.05, 3.63) is 60.3 Å². The zero-order valence-corrected chi connectivity index (χ0v) is 13.3. The van der Waals surface area contributed by atoms with E-state index in [1.165, 1.54) is 18.3 Å². The third-order valence-electron chi connectivity index (χ3n) is 3.85. The Hall–Kier alpha value is -2.93. The molecular formula is C17H13N3O3S. The van der Waals surface area contributed by atoms with Crippen LogP contribution in [0.3, 0.4) is 0 Å². The van der Waals surface area contributed by atoms with Crippen LogP contribution in [0.1, 0.15) is 5.56 Å². The number of carbonyl (C=O) groups excluding carboxylic acids is 1. The minimum Gasteiger partial charge on any atom is -0.326 e. The van der Waals surface area contributed by atoms with Crippen LogP contribution in [-0.4, -0.2) is 19.3 Å². The molecule has 1 aromatic heterocycles. The number of hydrogen-bond acceptors (Lipinski definition) is 4. The van der Waals surface area contributed by atoms with E-state index < -0.39 is 10.0 Å². The third-order valence-corrected chi connectivity index (χ3v) is 5.23. The Kier molecular flexibility index (Phi) is 3.24. The number of anilines is 2. The number of hydrogen-bond donors (Lipinski definition) is 2. The first-order valence-corrected chi connectivity index (χ1v) is 8.80. The lowest BCUT2D eigenvalue weighted by atomic mass is 10.2. The van der Waals surface area contributed by atoms with Crippen molar-refractivity contribution in [2.24, 2.45) is 0 Å². The lowest BCUT2D eigenvalue weighted by Gasteiger charge is -2.09. The maximum Gasteiger partial charge on any atom is 0.261 e. The van der Waals surface area contributed by atoms with Gasteiger partial charge in [-0.15, -0.1) is 0 Å². The first kappa shape index (κ1) is 14.6. The highest BCUT2D eigenvalue weighted by Crippen LogP contribution is 2.27. The number of nitrogens with one attached hydrogen (secondary N) is 2. The molecule has 0 bridgehead atoms. The number of nitrogens with zero attached hydrogens (tertiary/aromatic N) is 1. The van der Waals surface area contributed by atoms with Gasteiger partial charge in [-0.05, 0) is 35.9 Å². The van der Waals surface area contributed by atoms with Crippen LogP contribution in [0.15, 0.2) is 59.6 Å². The van der Waals surface area contributed by atoms with Gasteiger partial charge in [0.1, 0.15) is 0 Å². The van der Waals surface area contributed by atoms with Gasteiger partial charge in [0.25, 0.3) is 10.0 Å². The zero-order chi connectivity index (χ0) is 16.7. The van der Waals surface area contributed by atoms with E-state index in [1.54, 1.807) is 12.1 Å². The smallest absolute Gasteiger partial charge is 0.261 e. The number of para-hydroxylation sites is 1. The summed E-state index contributed by atoms with van der Waals surface area (Å²) in [6, 6.07) is 13.8. The number of rotatable bonds is 3. The van der Waals surface area contributed by atoms with Crippen molar-refractivity contribution in [2.75, 3.05) is 10.0 Å². The number of aromatic nitrogens is 1. The molecule has 3 aromatic rings. The predicted octanol–water partition coefficient (Wildman–Crippen LogP) is 2.53. The molecule has 0 spiro atoms. The average Bonchev–Trinajstić information content (AvgIpc) is 2.93. The van der Waals surface area contributed by atoms with Crippen molar-refractivity contribution in [3.8, 4) is 0 Å². The first-order chi connectivity index (χ1) is 11.5. The Bertz CT molecular complexity index is 1080. The molecule has 24 heavy (non-hydrogen) atoms. The van der Waals surface area contributed by atoms with Gasteiger partial charge in [0.05, 0.1) is 28.7 Å². The normalized spacial score (nSPS) is 13.6. The minimum atomic E-state index is -3.75. The number of benzene rings is 2. The second-order valence-electron chi connectivity index (χ2n) is 5.57. The summed E-state index contributed by atoms with van der Waals surface area (Å²) in [5.74, 6) is -0.133. The molecule has 1 aliphatic rings. The van der Waals surface area contributed by atoms with Crippen molar-refractivity contribution in [1.29, 1.82) is 0 Å². The molecule has 6 nitrogen and oxygen atoms in total. The monoisotopic (exact) mass is 339 g/mol. The molecule has 2 heterocycles. The Morgan fingerprint density at radius 3 is 2.79 bits per heavy atom. The summed E-state index contributed by atoms with van der Waals surface area (Å²) in [7, 11) is -3.75. The molecule has 0 aliphatic carbocycles. The van der Waals surface area contributed by atoms with Gasteiger partial charge >= 0.3 is 0 Å². The lowest BCUT2D eigenvalue weighted by molar-refractivity contribution is -0.115. The molecule has 1 aliphatic heterocycles. The van der Waals surface area contributed by atoms with E-state index in [1.807, 2.05) is 24.3 Å². The molecule has 0 atom stereocenters. The second-order valence-corrected chi connectivity index (χ2v) is 7.25. The van der Waals surface area contributed by atoms with Crippen LogP contribution in [0.2, 0.25) is 0 Å². The summed E-state index contributed by atoms with van der Waals surface area (Å²) < 4.78 is 27.7. The van der Waals surface area contributed by atoms with Crippen LogP contribution in [0.5, 0.6) is 0 Å². The summed E-state index contributed by atoms with van der Waals surface area (Å²) in [6.45, 7) is 0. The van der Waals surface area contributed by atoms with Gasteiger partial charge in [0, 0.05) is 11.1 Å². The fraction of sp³-hybridized carbons (Fsp3) is 0.0588. The van der Waals surface area contributed by atoms with Gasteiger partial charge in [0.15, 0.2) is 0 Å². The van der Waals surface area contributed by atoms with Crippen LogP contribution in [-0.2, 0) is 21.2 Å². The molecule has 0 saturated heterocycles. The topological polar surface area (TPSA) is 88.2 Å². The fourth-order valence-electron chi connectivity index (χ4n) is 2.71. The molecule has 0 fully saturated rings. The highest BCUT2D eigenvalue weighted by molar-refractivity contribution is 7.92. The maximum absolute atomic E-state index is 12.6. The quantitative estimate of drug-likeness (QED) is 0.767. The summed E-state index contributed by atoms with van der Waals surface area (Å²) in [5, 5.41) is 3.53. The molecule has 120 valence electrons. The van der Waals surface area contributed by atoms with Crippen molar-refractivity contribution in [2.45, 2.75) is 11.3 Å². The average molecular weight is 339 g/mol. The second kappa shape index (κ2) is 5.31. The molecule has 0 unspecified atom stereocenters. The fourth-order valence-corrected chi connectivity index (χ4v) is 3.80. The Morgan fingerprint density at radius 2 is 1.92 bits per heavy atom. The third kappa shape index (κ3) is 2.59. The van der Waals surface area contributed by atoms with E-state index in [0.717, 1.165) is 10.9 Å². The number of sulfonamides is 1. The molecule has 0 saturated carbocycles. The minimum absolute atomic E-state index is 0.117. The number of amides is 1. The number of carbonyl (C=O) groups is 1. The van der Waals surface area contributed by atoms with E-state index in [-0.39, 0.29) is 17.2 Å². The Morgan fingerprint density at radius 1 is 1.08 bits per heavy atom. The van der Waals surface area contributed by atoms with Crippen molar-refractivity contribution in [1.82, 2.24) is 4.98 Å². The van der Waals surface area contributed by atoms with Gasteiger partial charge in [-0.3, -0.25) is 14.5 Å². The van der Waals surface area contributed by atoms with Crippen LogP contribution in [0.4, 0.5) is 11.4 Å². The van der Waals surface area contributed by atoms with Crippen molar-refractivity contribution >= 4 is 38.2 Å². The predicted molar refractivity (Wildman–Crippen MR) is 91.3 cm³/mol. The SMILES string of the molecule is O=C1Cc2cc(S(=O)(=O)Nc3cnc4ccccc4c3)ccc2N1. The summed E-state index contributed by atoms with van der Waals surface area (Å²) in [5.41, 5.74) is 2.52. The Balaban J connectivity index is 1.67. The molecular weight excluding hydrogens is 326 g/mol. The van der Waals surface area contributed by atoms with Gasteiger partial charge < -0.3 is 5.32 Å².